The van der Waals surface area contributed by atoms with Gasteiger partial charge in [0.2, 0.25) is 0 Å². The Kier molecular flexibility index (Phi) is 8.83. The van der Waals surface area contributed by atoms with Gasteiger partial charge in [-0.3, -0.25) is 0 Å². The van der Waals surface area contributed by atoms with E-state index in [1.165, 1.54) is 25.7 Å². The van der Waals surface area contributed by atoms with Crippen molar-refractivity contribution in [2.75, 3.05) is 5.88 Å². The topological polar surface area (TPSA) is 0 Å². The number of unbranched alkanes of at least 4 members (excludes halogenated alkanes) is 3. The second-order valence-corrected chi connectivity index (χ2v) is 3.75. The summed E-state index contributed by atoms with van der Waals surface area (Å²) in [7, 11) is 0. The summed E-state index contributed by atoms with van der Waals surface area (Å²) >= 11 is 5.41. The van der Waals surface area contributed by atoms with Crippen LogP contribution in [0.4, 0.5) is 0 Å². The van der Waals surface area contributed by atoms with Crippen LogP contribution in [-0.2, 0) is 0 Å². The van der Waals surface area contributed by atoms with Crippen LogP contribution in [0.5, 0.6) is 0 Å². The molecule has 0 atom stereocenters. The van der Waals surface area contributed by atoms with Gasteiger partial charge in [-0.15, -0.1) is 17.5 Å². The molecule has 0 rings (SSSR count). The minimum absolute atomic E-state index is 0.478. The van der Waals surface area contributed by atoms with E-state index in [1.807, 2.05) is 0 Å². The molecular weight excluding hydrogens is 168 g/mol. The number of hydrogen-bond donors (Lipinski definition) is 0. The lowest BCUT2D eigenvalue weighted by Gasteiger charge is -2.01. The van der Waals surface area contributed by atoms with Gasteiger partial charge in [-0.1, -0.05) is 39.0 Å². The molecule has 0 aromatic heterocycles. The molecule has 0 amide bonds. The highest BCUT2D eigenvalue weighted by Crippen LogP contribution is 2.08. The van der Waals surface area contributed by atoms with Gasteiger partial charge < -0.3 is 0 Å². The van der Waals surface area contributed by atoms with Gasteiger partial charge in [-0.05, 0) is 12.3 Å². The minimum atomic E-state index is 0.478. The third-order valence-electron chi connectivity index (χ3n) is 1.78. The Morgan fingerprint density at radius 1 is 1.08 bits per heavy atom. The molecular formula is C11H19Cl. The summed E-state index contributed by atoms with van der Waals surface area (Å²) in [5, 5.41) is 0. The summed E-state index contributed by atoms with van der Waals surface area (Å²) in [4.78, 5) is 0. The average molecular weight is 187 g/mol. The summed E-state index contributed by atoms with van der Waals surface area (Å²) in [6, 6.07) is 0. The molecule has 0 aromatic carbocycles. The Morgan fingerprint density at radius 3 is 2.42 bits per heavy atom. The monoisotopic (exact) mass is 186 g/mol. The largest absolute Gasteiger partial charge is 0.113 e. The predicted molar refractivity (Wildman–Crippen MR) is 56.4 cm³/mol. The van der Waals surface area contributed by atoms with E-state index in [0.29, 0.717) is 5.88 Å². The Hall–Kier alpha value is -0.150. The van der Waals surface area contributed by atoms with Gasteiger partial charge in [0, 0.05) is 6.42 Å². The standard InChI is InChI=1S/C11H19Cl/c1-11(2)9-7-5-3-4-6-8-10-12/h11H,3-5,7,9-10H2,1-2H3. The van der Waals surface area contributed by atoms with Crippen LogP contribution in [0.3, 0.4) is 0 Å². The molecule has 0 spiro atoms. The van der Waals surface area contributed by atoms with Crippen molar-refractivity contribution in [3.63, 3.8) is 0 Å². The van der Waals surface area contributed by atoms with Gasteiger partial charge in [-0.2, -0.15) is 0 Å². The number of hydrogen-bond acceptors (Lipinski definition) is 0. The Labute approximate surface area is 81.7 Å². The van der Waals surface area contributed by atoms with Crippen LogP contribution in [0.1, 0.15) is 46.0 Å². The fraction of sp³-hybridized carbons (Fsp3) is 0.818. The van der Waals surface area contributed by atoms with Crippen molar-refractivity contribution in [2.24, 2.45) is 5.92 Å². The van der Waals surface area contributed by atoms with E-state index in [0.717, 1.165) is 12.3 Å². The molecule has 0 aliphatic rings. The zero-order valence-electron chi connectivity index (χ0n) is 8.20. The van der Waals surface area contributed by atoms with Crippen LogP contribution in [0.2, 0.25) is 0 Å². The zero-order chi connectivity index (χ0) is 9.23. The molecule has 0 unspecified atom stereocenters. The van der Waals surface area contributed by atoms with E-state index in [9.17, 15) is 0 Å². The van der Waals surface area contributed by atoms with E-state index in [1.54, 1.807) is 0 Å². The first-order chi connectivity index (χ1) is 5.77. The molecule has 0 aliphatic heterocycles. The first-order valence-electron chi connectivity index (χ1n) is 4.79. The lowest BCUT2D eigenvalue weighted by Crippen LogP contribution is -1.86. The second-order valence-electron chi connectivity index (χ2n) is 3.48. The van der Waals surface area contributed by atoms with Crippen LogP contribution >= 0.6 is 11.6 Å². The van der Waals surface area contributed by atoms with Gasteiger partial charge in [0.1, 0.15) is 0 Å². The summed E-state index contributed by atoms with van der Waals surface area (Å²) < 4.78 is 0. The van der Waals surface area contributed by atoms with Crippen molar-refractivity contribution in [1.29, 1.82) is 0 Å². The minimum Gasteiger partial charge on any atom is -0.113 e. The fourth-order valence-corrected chi connectivity index (χ4v) is 1.17. The molecule has 0 aromatic rings. The van der Waals surface area contributed by atoms with E-state index in [4.69, 9.17) is 11.6 Å². The first kappa shape index (κ1) is 11.8. The van der Waals surface area contributed by atoms with Crippen molar-refractivity contribution in [1.82, 2.24) is 0 Å². The third kappa shape index (κ3) is 9.85. The molecule has 0 N–H and O–H groups in total. The van der Waals surface area contributed by atoms with Gasteiger partial charge in [-0.25, -0.2) is 0 Å². The molecule has 0 saturated carbocycles. The molecule has 1 heteroatoms. The summed E-state index contributed by atoms with van der Waals surface area (Å²) in [5.74, 6) is 7.23. The smallest absolute Gasteiger partial charge is 0.0835 e. The molecule has 0 aliphatic carbocycles. The summed E-state index contributed by atoms with van der Waals surface area (Å²) in [6.45, 7) is 4.54. The third-order valence-corrected chi connectivity index (χ3v) is 1.91. The lowest BCUT2D eigenvalue weighted by molar-refractivity contribution is 0.530. The molecule has 0 saturated heterocycles. The number of alkyl halides is 1. The van der Waals surface area contributed by atoms with Crippen molar-refractivity contribution in [3.05, 3.63) is 0 Å². The molecule has 0 radical (unpaired) electrons. The first-order valence-corrected chi connectivity index (χ1v) is 5.32. The van der Waals surface area contributed by atoms with Gasteiger partial charge in [0.05, 0.1) is 5.88 Å². The molecule has 0 nitrogen and oxygen atoms in total. The zero-order valence-corrected chi connectivity index (χ0v) is 8.95. The van der Waals surface area contributed by atoms with E-state index in [2.05, 4.69) is 25.7 Å². The highest BCUT2D eigenvalue weighted by atomic mass is 35.5. The average Bonchev–Trinajstić information content (AvgIpc) is 2.02. The number of halogens is 1. The highest BCUT2D eigenvalue weighted by molar-refractivity contribution is 6.19. The van der Waals surface area contributed by atoms with Crippen molar-refractivity contribution in [2.45, 2.75) is 46.0 Å². The van der Waals surface area contributed by atoms with Crippen LogP contribution < -0.4 is 0 Å². The number of rotatable bonds is 5. The molecule has 0 fully saturated rings. The fourth-order valence-electron chi connectivity index (χ4n) is 1.08. The molecule has 0 bridgehead atoms. The summed E-state index contributed by atoms with van der Waals surface area (Å²) in [6.07, 6.45) is 6.26. The van der Waals surface area contributed by atoms with Crippen molar-refractivity contribution < 1.29 is 0 Å². The maximum Gasteiger partial charge on any atom is 0.0835 e. The Balaban J connectivity index is 3.01. The van der Waals surface area contributed by atoms with Crippen LogP contribution in [-0.4, -0.2) is 5.88 Å². The quantitative estimate of drug-likeness (QED) is 0.348. The van der Waals surface area contributed by atoms with Crippen molar-refractivity contribution >= 4 is 11.6 Å². The maximum absolute atomic E-state index is 5.41. The van der Waals surface area contributed by atoms with Gasteiger partial charge in [0.15, 0.2) is 0 Å². The Bertz CT molecular complexity index is 139. The van der Waals surface area contributed by atoms with Crippen LogP contribution in [0, 0.1) is 17.8 Å². The highest BCUT2D eigenvalue weighted by Gasteiger charge is 1.92. The van der Waals surface area contributed by atoms with E-state index in [-0.39, 0.29) is 0 Å². The van der Waals surface area contributed by atoms with Gasteiger partial charge in [0.25, 0.3) is 0 Å². The van der Waals surface area contributed by atoms with Crippen molar-refractivity contribution in [3.8, 4) is 11.8 Å². The van der Waals surface area contributed by atoms with E-state index >= 15 is 0 Å². The molecule has 70 valence electrons. The van der Waals surface area contributed by atoms with Gasteiger partial charge >= 0.3 is 0 Å². The Morgan fingerprint density at radius 2 is 1.83 bits per heavy atom. The SMILES string of the molecule is CC(C)CCCCCC#CCCl. The predicted octanol–water partition coefficient (Wildman–Crippen LogP) is 3.84. The van der Waals surface area contributed by atoms with Crippen LogP contribution in [0.15, 0.2) is 0 Å². The summed E-state index contributed by atoms with van der Waals surface area (Å²) in [5.41, 5.74) is 0. The molecule has 12 heavy (non-hydrogen) atoms. The second kappa shape index (κ2) is 8.94. The lowest BCUT2D eigenvalue weighted by atomic mass is 10.0. The van der Waals surface area contributed by atoms with E-state index < -0.39 is 0 Å². The normalized spacial score (nSPS) is 9.67. The maximum atomic E-state index is 5.41. The van der Waals surface area contributed by atoms with Crippen LogP contribution in [0.25, 0.3) is 0 Å². The molecule has 0 heterocycles.